The number of primary sulfonamides is 1. The van der Waals surface area contributed by atoms with E-state index in [0.717, 1.165) is 19.3 Å². The van der Waals surface area contributed by atoms with Crippen LogP contribution in [0.2, 0.25) is 0 Å². The lowest BCUT2D eigenvalue weighted by atomic mass is 10.1. The molecule has 1 saturated heterocycles. The third-order valence-electron chi connectivity index (χ3n) is 3.69. The Morgan fingerprint density at radius 1 is 1.31 bits per heavy atom. The Morgan fingerprint density at radius 3 is 2.81 bits per heavy atom. The van der Waals surface area contributed by atoms with Gasteiger partial charge in [-0.25, -0.2) is 13.6 Å². The van der Waals surface area contributed by atoms with Crippen molar-refractivity contribution in [2.75, 3.05) is 17.7 Å². The zero-order valence-corrected chi connectivity index (χ0v) is 16.6. The number of benzene rings is 1. The number of hydrogen-bond donors (Lipinski definition) is 2. The van der Waals surface area contributed by atoms with Crippen molar-refractivity contribution in [3.63, 3.8) is 0 Å². The summed E-state index contributed by atoms with van der Waals surface area (Å²) in [4.78, 5) is 23.4. The number of carbonyl (C=O) groups is 2. The molecule has 1 aliphatic rings. The summed E-state index contributed by atoms with van der Waals surface area (Å²) in [5.41, 5.74) is 0.268. The molecule has 0 aromatic heterocycles. The van der Waals surface area contributed by atoms with Gasteiger partial charge in [-0.1, -0.05) is 34.1 Å². The van der Waals surface area contributed by atoms with Crippen molar-refractivity contribution in [1.29, 1.82) is 0 Å². The molecule has 10 heteroatoms. The van der Waals surface area contributed by atoms with Crippen molar-refractivity contribution in [2.24, 2.45) is 5.14 Å². The molecule has 1 aliphatic heterocycles. The highest BCUT2D eigenvalue weighted by Crippen LogP contribution is 2.39. The van der Waals surface area contributed by atoms with Gasteiger partial charge in [-0.3, -0.25) is 9.59 Å². The molecule has 0 radical (unpaired) electrons. The Balaban J connectivity index is 1.65. The highest BCUT2D eigenvalue weighted by molar-refractivity contribution is 8.77. The van der Waals surface area contributed by atoms with Crippen molar-refractivity contribution in [2.45, 2.75) is 42.2 Å². The summed E-state index contributed by atoms with van der Waals surface area (Å²) in [7, 11) is -0.0238. The average molecular weight is 419 g/mol. The summed E-state index contributed by atoms with van der Waals surface area (Å²) < 4.78 is 27.5. The van der Waals surface area contributed by atoms with E-state index in [1.54, 1.807) is 0 Å². The third kappa shape index (κ3) is 7.56. The van der Waals surface area contributed by atoms with Crippen LogP contribution in [0.1, 0.15) is 32.1 Å². The molecule has 0 saturated carbocycles. The maximum Gasteiger partial charge on any atom is 0.306 e. The summed E-state index contributed by atoms with van der Waals surface area (Å²) in [6, 6.07) is 5.55. The molecule has 2 rings (SSSR count). The number of nitrogens with one attached hydrogen (secondary N) is 1. The minimum Gasteiger partial charge on any atom is -0.456 e. The molecule has 144 valence electrons. The average Bonchev–Trinajstić information content (AvgIpc) is 3.10. The second kappa shape index (κ2) is 10.2. The lowest BCUT2D eigenvalue weighted by molar-refractivity contribution is -0.147. The fourth-order valence-electron chi connectivity index (χ4n) is 2.37. The maximum atomic E-state index is 11.8. The molecule has 0 aliphatic carbocycles. The summed E-state index contributed by atoms with van der Waals surface area (Å²) in [6.07, 6.45) is 4.34. The van der Waals surface area contributed by atoms with Crippen LogP contribution in [0.4, 0.5) is 5.69 Å². The number of carbonyl (C=O) groups excluding carboxylic acids is 2. The van der Waals surface area contributed by atoms with Gasteiger partial charge in [0.15, 0.2) is 6.61 Å². The predicted molar refractivity (Wildman–Crippen MR) is 104 cm³/mol. The van der Waals surface area contributed by atoms with E-state index in [0.29, 0.717) is 11.7 Å². The molecule has 1 amide bonds. The number of hydrogen-bond acceptors (Lipinski definition) is 7. The number of amides is 1. The molecule has 1 fully saturated rings. The fourth-order valence-corrected chi connectivity index (χ4v) is 5.96. The highest BCUT2D eigenvalue weighted by atomic mass is 33.1. The summed E-state index contributed by atoms with van der Waals surface area (Å²) >= 11 is 0. The Kier molecular flexibility index (Phi) is 8.26. The number of rotatable bonds is 9. The van der Waals surface area contributed by atoms with Gasteiger partial charge in [0.1, 0.15) is 0 Å². The Labute approximate surface area is 161 Å². The molecule has 0 spiro atoms. The van der Waals surface area contributed by atoms with E-state index in [4.69, 9.17) is 9.88 Å². The van der Waals surface area contributed by atoms with Crippen molar-refractivity contribution in [1.82, 2.24) is 0 Å². The summed E-state index contributed by atoms with van der Waals surface area (Å²) in [6.45, 7) is -0.409. The fraction of sp³-hybridized carbons (Fsp3) is 0.500. The van der Waals surface area contributed by atoms with Gasteiger partial charge in [-0.05, 0) is 37.5 Å². The molecule has 1 atom stereocenters. The van der Waals surface area contributed by atoms with Crippen molar-refractivity contribution < 1.29 is 22.7 Å². The molecule has 1 heterocycles. The van der Waals surface area contributed by atoms with E-state index in [1.165, 1.54) is 36.4 Å². The summed E-state index contributed by atoms with van der Waals surface area (Å²) in [5, 5.41) is 8.20. The smallest absolute Gasteiger partial charge is 0.306 e. The van der Waals surface area contributed by atoms with Crippen LogP contribution in [0, 0.1) is 0 Å². The van der Waals surface area contributed by atoms with Crippen LogP contribution < -0.4 is 10.5 Å². The number of esters is 1. The molecule has 1 aromatic rings. The van der Waals surface area contributed by atoms with Crippen LogP contribution in [-0.2, 0) is 24.3 Å². The van der Waals surface area contributed by atoms with Crippen molar-refractivity contribution in [3.8, 4) is 0 Å². The van der Waals surface area contributed by atoms with Gasteiger partial charge in [-0.2, -0.15) is 0 Å². The van der Waals surface area contributed by atoms with Crippen LogP contribution >= 0.6 is 21.6 Å². The monoisotopic (exact) mass is 418 g/mol. The molecule has 26 heavy (non-hydrogen) atoms. The van der Waals surface area contributed by atoms with E-state index >= 15 is 0 Å². The topological polar surface area (TPSA) is 116 Å². The van der Waals surface area contributed by atoms with E-state index < -0.39 is 28.5 Å². The highest BCUT2D eigenvalue weighted by Gasteiger charge is 2.16. The molecular formula is C16H22N2O5S3. The molecule has 7 nitrogen and oxygen atoms in total. The van der Waals surface area contributed by atoms with Gasteiger partial charge in [0, 0.05) is 23.1 Å². The number of unbranched alkanes of at least 4 members (excludes halogenated alkanes) is 1. The molecule has 1 aromatic carbocycles. The van der Waals surface area contributed by atoms with E-state index in [9.17, 15) is 18.0 Å². The predicted octanol–water partition coefficient (Wildman–Crippen LogP) is 2.53. The maximum absolute atomic E-state index is 11.8. The summed E-state index contributed by atoms with van der Waals surface area (Å²) in [5.74, 6) is 0.253. The number of sulfonamides is 1. The normalized spacial score (nSPS) is 17.0. The van der Waals surface area contributed by atoms with Crippen LogP contribution in [0.5, 0.6) is 0 Å². The molecule has 0 unspecified atom stereocenters. The number of ether oxygens (including phenoxy) is 1. The minimum atomic E-state index is -3.85. The van der Waals surface area contributed by atoms with Crippen LogP contribution in [-0.4, -0.2) is 37.9 Å². The van der Waals surface area contributed by atoms with Gasteiger partial charge in [0.2, 0.25) is 10.0 Å². The lowest BCUT2D eigenvalue weighted by Crippen LogP contribution is -2.21. The van der Waals surface area contributed by atoms with E-state index in [1.807, 2.05) is 21.6 Å². The number of nitrogens with two attached hydrogens (primary N) is 1. The second-order valence-electron chi connectivity index (χ2n) is 5.86. The minimum absolute atomic E-state index is 0.105. The van der Waals surface area contributed by atoms with Gasteiger partial charge in [0.25, 0.3) is 5.91 Å². The molecule has 0 bridgehead atoms. The van der Waals surface area contributed by atoms with Crippen molar-refractivity contribution >= 4 is 49.2 Å². The molecule has 3 N–H and O–H groups in total. The van der Waals surface area contributed by atoms with Gasteiger partial charge >= 0.3 is 5.97 Å². The second-order valence-corrected chi connectivity index (χ2v) is 10.2. The van der Waals surface area contributed by atoms with E-state index in [-0.39, 0.29) is 10.6 Å². The Hall–Kier alpha value is -1.23. The van der Waals surface area contributed by atoms with Gasteiger partial charge in [-0.15, -0.1) is 0 Å². The first-order valence-electron chi connectivity index (χ1n) is 8.21. The quantitative estimate of drug-likeness (QED) is 0.360. The largest absolute Gasteiger partial charge is 0.456 e. The van der Waals surface area contributed by atoms with Gasteiger partial charge in [0.05, 0.1) is 4.90 Å². The van der Waals surface area contributed by atoms with Gasteiger partial charge < -0.3 is 10.1 Å². The third-order valence-corrected chi connectivity index (χ3v) is 7.61. The first-order chi connectivity index (χ1) is 12.3. The van der Waals surface area contributed by atoms with Crippen LogP contribution in [0.15, 0.2) is 29.2 Å². The van der Waals surface area contributed by atoms with Crippen LogP contribution in [0.25, 0.3) is 0 Å². The zero-order chi connectivity index (χ0) is 19.0. The van der Waals surface area contributed by atoms with Crippen LogP contribution in [0.3, 0.4) is 0 Å². The SMILES string of the molecule is NS(=O)(=O)c1cccc(NC(=O)COC(=O)CCCC[C@H]2CCSS2)c1. The standard InChI is InChI=1S/C16H22N2O5S3/c17-26(21,22)14-6-3-4-12(10-14)18-15(19)11-23-16(20)7-2-1-5-13-8-9-24-25-13/h3-4,6,10,13H,1-2,5,7-9,11H2,(H,18,19)(H2,17,21,22)/t13-/m0/s1. The lowest BCUT2D eigenvalue weighted by Gasteiger charge is -2.08. The molecular weight excluding hydrogens is 396 g/mol. The first-order valence-corrected chi connectivity index (χ1v) is 12.1. The first kappa shape index (κ1) is 21.1. The number of anilines is 1. The zero-order valence-electron chi connectivity index (χ0n) is 14.2. The van der Waals surface area contributed by atoms with Crippen molar-refractivity contribution in [3.05, 3.63) is 24.3 Å². The van der Waals surface area contributed by atoms with E-state index in [2.05, 4.69) is 5.32 Å². The Bertz CT molecular complexity index is 733. The Morgan fingerprint density at radius 2 is 2.12 bits per heavy atom.